The quantitative estimate of drug-likeness (QED) is 0.571. The zero-order valence-corrected chi connectivity index (χ0v) is 5.04. The van der Waals surface area contributed by atoms with E-state index in [1.165, 1.54) is 0 Å². The molecule has 3 heteroatoms. The van der Waals surface area contributed by atoms with Gasteiger partial charge in [0.1, 0.15) is 6.61 Å². The average Bonchev–Trinajstić information content (AvgIpc) is 1.80. The molecule has 0 aliphatic carbocycles. The molecule has 1 amide bonds. The van der Waals surface area contributed by atoms with Gasteiger partial charge in [-0.2, -0.15) is 0 Å². The predicted octanol–water partition coefficient (Wildman–Crippen LogP) is 0.824. The van der Waals surface area contributed by atoms with Gasteiger partial charge < -0.3 is 10.5 Å². The molecule has 0 radical (unpaired) electrons. The Balaban J connectivity index is 3.19. The molecule has 0 saturated carbocycles. The minimum atomic E-state index is -0.760. The van der Waals surface area contributed by atoms with E-state index in [1.54, 1.807) is 18.2 Å². The first-order valence-electron chi connectivity index (χ1n) is 2.47. The van der Waals surface area contributed by atoms with Gasteiger partial charge in [-0.05, 0) is 6.08 Å². The largest absolute Gasteiger partial charge is 0.445 e. The molecular weight excluding hydrogens is 118 g/mol. The molecule has 2 N–H and O–H groups in total. The number of hydrogen-bond donors (Lipinski definition) is 1. The SMILES string of the molecule is C=CC=CCOC(N)=O. The van der Waals surface area contributed by atoms with Gasteiger partial charge in [0.25, 0.3) is 0 Å². The van der Waals surface area contributed by atoms with Gasteiger partial charge in [0.2, 0.25) is 0 Å². The number of carbonyl (C=O) groups excluding carboxylic acids is 1. The van der Waals surface area contributed by atoms with Gasteiger partial charge in [0, 0.05) is 0 Å². The number of primary amides is 1. The van der Waals surface area contributed by atoms with E-state index in [2.05, 4.69) is 17.0 Å². The van der Waals surface area contributed by atoms with E-state index >= 15 is 0 Å². The Labute approximate surface area is 53.8 Å². The van der Waals surface area contributed by atoms with Crippen LogP contribution in [0.2, 0.25) is 0 Å². The molecule has 0 bridgehead atoms. The molecule has 0 aliphatic heterocycles. The highest BCUT2D eigenvalue weighted by atomic mass is 16.5. The fourth-order valence-electron chi connectivity index (χ4n) is 0.282. The average molecular weight is 127 g/mol. The first kappa shape index (κ1) is 7.75. The molecule has 50 valence electrons. The molecule has 3 nitrogen and oxygen atoms in total. The van der Waals surface area contributed by atoms with E-state index in [1.807, 2.05) is 0 Å². The first-order chi connectivity index (χ1) is 4.27. The van der Waals surface area contributed by atoms with E-state index < -0.39 is 6.09 Å². The Morgan fingerprint density at radius 1 is 1.78 bits per heavy atom. The van der Waals surface area contributed by atoms with Crippen LogP contribution in [0.25, 0.3) is 0 Å². The smallest absolute Gasteiger partial charge is 0.404 e. The maximum atomic E-state index is 9.90. The number of nitrogens with two attached hydrogens (primary N) is 1. The van der Waals surface area contributed by atoms with Crippen LogP contribution in [0.15, 0.2) is 24.8 Å². The van der Waals surface area contributed by atoms with Crippen molar-refractivity contribution in [3.8, 4) is 0 Å². The summed E-state index contributed by atoms with van der Waals surface area (Å²) in [6, 6.07) is 0. The van der Waals surface area contributed by atoms with Crippen LogP contribution in [0.4, 0.5) is 4.79 Å². The van der Waals surface area contributed by atoms with E-state index in [0.29, 0.717) is 0 Å². The molecule has 0 aromatic heterocycles. The number of amides is 1. The maximum absolute atomic E-state index is 9.90. The second-order valence-corrected chi connectivity index (χ2v) is 1.29. The van der Waals surface area contributed by atoms with E-state index in [-0.39, 0.29) is 6.61 Å². The molecular formula is C6H9NO2. The second kappa shape index (κ2) is 4.90. The summed E-state index contributed by atoms with van der Waals surface area (Å²) in [7, 11) is 0. The van der Waals surface area contributed by atoms with Crippen molar-refractivity contribution in [2.45, 2.75) is 0 Å². The highest BCUT2D eigenvalue weighted by Crippen LogP contribution is 1.76. The van der Waals surface area contributed by atoms with Gasteiger partial charge in [-0.1, -0.05) is 18.7 Å². The van der Waals surface area contributed by atoms with Crippen LogP contribution in [0.5, 0.6) is 0 Å². The second-order valence-electron chi connectivity index (χ2n) is 1.29. The van der Waals surface area contributed by atoms with E-state index in [0.717, 1.165) is 0 Å². The molecule has 0 fully saturated rings. The molecule has 0 aromatic carbocycles. The van der Waals surface area contributed by atoms with Crippen LogP contribution in [0.3, 0.4) is 0 Å². The molecule has 0 heterocycles. The van der Waals surface area contributed by atoms with Crippen molar-refractivity contribution in [2.24, 2.45) is 5.73 Å². The zero-order valence-electron chi connectivity index (χ0n) is 5.04. The Bertz CT molecular complexity index is 129. The van der Waals surface area contributed by atoms with Crippen molar-refractivity contribution >= 4 is 6.09 Å². The lowest BCUT2D eigenvalue weighted by Gasteiger charge is -1.91. The molecule has 0 saturated heterocycles. The van der Waals surface area contributed by atoms with Crippen LogP contribution in [0.1, 0.15) is 0 Å². The number of carbonyl (C=O) groups is 1. The lowest BCUT2D eigenvalue weighted by Crippen LogP contribution is -2.12. The zero-order chi connectivity index (χ0) is 7.11. The first-order valence-corrected chi connectivity index (χ1v) is 2.47. The minimum absolute atomic E-state index is 0.210. The summed E-state index contributed by atoms with van der Waals surface area (Å²) in [5.41, 5.74) is 4.65. The fourth-order valence-corrected chi connectivity index (χ4v) is 0.282. The van der Waals surface area contributed by atoms with Gasteiger partial charge in [-0.15, -0.1) is 0 Å². The summed E-state index contributed by atoms with van der Waals surface area (Å²) >= 11 is 0. The summed E-state index contributed by atoms with van der Waals surface area (Å²) < 4.78 is 4.35. The third-order valence-corrected chi connectivity index (χ3v) is 0.594. The van der Waals surface area contributed by atoms with Gasteiger partial charge in [0.15, 0.2) is 0 Å². The van der Waals surface area contributed by atoms with Crippen molar-refractivity contribution in [1.29, 1.82) is 0 Å². The minimum Gasteiger partial charge on any atom is -0.445 e. The van der Waals surface area contributed by atoms with Crippen molar-refractivity contribution in [3.63, 3.8) is 0 Å². The lowest BCUT2D eigenvalue weighted by atomic mass is 10.5. The molecule has 9 heavy (non-hydrogen) atoms. The highest BCUT2D eigenvalue weighted by molar-refractivity contribution is 5.64. The Morgan fingerprint density at radius 2 is 2.44 bits per heavy atom. The molecule has 0 unspecified atom stereocenters. The Hall–Kier alpha value is -1.25. The topological polar surface area (TPSA) is 52.3 Å². The van der Waals surface area contributed by atoms with Gasteiger partial charge in [-0.3, -0.25) is 0 Å². The number of allylic oxidation sites excluding steroid dienone is 2. The lowest BCUT2D eigenvalue weighted by molar-refractivity contribution is 0.169. The van der Waals surface area contributed by atoms with Crippen molar-refractivity contribution < 1.29 is 9.53 Å². The Kier molecular flexibility index (Phi) is 4.22. The van der Waals surface area contributed by atoms with Crippen LogP contribution < -0.4 is 5.73 Å². The number of hydrogen-bond acceptors (Lipinski definition) is 2. The fraction of sp³-hybridized carbons (Fsp3) is 0.167. The molecule has 0 atom stereocenters. The molecule has 0 spiro atoms. The third kappa shape index (κ3) is 6.75. The monoisotopic (exact) mass is 127 g/mol. The number of rotatable bonds is 3. The Morgan fingerprint density at radius 3 is 2.89 bits per heavy atom. The van der Waals surface area contributed by atoms with Crippen LogP contribution in [-0.2, 0) is 4.74 Å². The van der Waals surface area contributed by atoms with Crippen LogP contribution in [-0.4, -0.2) is 12.7 Å². The standard InChI is InChI=1S/C6H9NO2/c1-2-3-4-5-9-6(7)8/h2-4H,1,5H2,(H2,7,8). The highest BCUT2D eigenvalue weighted by Gasteiger charge is 1.85. The van der Waals surface area contributed by atoms with Crippen molar-refractivity contribution in [3.05, 3.63) is 24.8 Å². The van der Waals surface area contributed by atoms with Crippen molar-refractivity contribution in [2.75, 3.05) is 6.61 Å². The van der Waals surface area contributed by atoms with Gasteiger partial charge >= 0.3 is 6.09 Å². The van der Waals surface area contributed by atoms with Gasteiger partial charge in [0.05, 0.1) is 0 Å². The van der Waals surface area contributed by atoms with Gasteiger partial charge in [-0.25, -0.2) is 4.79 Å². The maximum Gasteiger partial charge on any atom is 0.404 e. The summed E-state index contributed by atoms with van der Waals surface area (Å²) in [6.45, 7) is 3.63. The van der Waals surface area contributed by atoms with Crippen LogP contribution in [0, 0.1) is 0 Å². The summed E-state index contributed by atoms with van der Waals surface area (Å²) in [5, 5.41) is 0. The molecule has 0 rings (SSSR count). The summed E-state index contributed by atoms with van der Waals surface area (Å²) in [5.74, 6) is 0. The summed E-state index contributed by atoms with van der Waals surface area (Å²) in [4.78, 5) is 9.90. The normalized spacial score (nSPS) is 9.33. The molecule has 0 aliphatic rings. The molecule has 0 aromatic rings. The number of ether oxygens (including phenoxy) is 1. The third-order valence-electron chi connectivity index (χ3n) is 0.594. The van der Waals surface area contributed by atoms with E-state index in [9.17, 15) is 4.79 Å². The van der Waals surface area contributed by atoms with E-state index in [4.69, 9.17) is 0 Å². The van der Waals surface area contributed by atoms with Crippen molar-refractivity contribution in [1.82, 2.24) is 0 Å². The summed E-state index contributed by atoms with van der Waals surface area (Å²) in [6.07, 6.45) is 4.13. The van der Waals surface area contributed by atoms with Crippen LogP contribution >= 0.6 is 0 Å². The predicted molar refractivity (Wildman–Crippen MR) is 34.9 cm³/mol.